The first-order valence-corrected chi connectivity index (χ1v) is 9.87. The van der Waals surface area contributed by atoms with Gasteiger partial charge in [0.2, 0.25) is 5.91 Å². The number of amides is 1. The molecule has 0 aliphatic rings. The lowest BCUT2D eigenvalue weighted by Gasteiger charge is -2.04. The zero-order chi connectivity index (χ0) is 19.4. The van der Waals surface area contributed by atoms with Crippen LogP contribution >= 0.6 is 35.2 Å². The topological polar surface area (TPSA) is 75.6 Å². The van der Waals surface area contributed by atoms with Crippen LogP contribution in [0.3, 0.4) is 0 Å². The minimum atomic E-state index is -0.111. The summed E-state index contributed by atoms with van der Waals surface area (Å²) in [7, 11) is 0. The molecule has 1 aromatic carbocycles. The normalized spacial score (nSPS) is 10.7. The molecule has 0 unspecified atom stereocenters. The summed E-state index contributed by atoms with van der Waals surface area (Å²) in [6.07, 6.45) is 2.65. The van der Waals surface area contributed by atoms with Crippen LogP contribution in [-0.2, 0) is 17.8 Å². The Morgan fingerprint density at radius 1 is 1.48 bits per heavy atom. The average Bonchev–Trinajstić information content (AvgIpc) is 3.17. The highest BCUT2D eigenvalue weighted by Crippen LogP contribution is 2.31. The van der Waals surface area contributed by atoms with E-state index in [4.69, 9.17) is 23.8 Å². The molecule has 140 valence electrons. The zero-order valence-electron chi connectivity index (χ0n) is 14.7. The minimum absolute atomic E-state index is 0.111. The number of nitrogens with one attached hydrogen (secondary N) is 2. The van der Waals surface area contributed by atoms with Crippen LogP contribution in [0.1, 0.15) is 17.7 Å². The summed E-state index contributed by atoms with van der Waals surface area (Å²) in [5.74, 6) is 0.576. The first kappa shape index (κ1) is 19.5. The van der Waals surface area contributed by atoms with Gasteiger partial charge in [0.25, 0.3) is 0 Å². The van der Waals surface area contributed by atoms with Crippen LogP contribution < -0.4 is 5.32 Å². The van der Waals surface area contributed by atoms with Gasteiger partial charge in [-0.2, -0.15) is 5.10 Å². The lowest BCUT2D eigenvalue weighted by Crippen LogP contribution is -2.12. The fraction of sp³-hybridized carbons (Fsp3) is 0.222. The van der Waals surface area contributed by atoms with E-state index < -0.39 is 0 Å². The third-order valence-corrected chi connectivity index (χ3v) is 5.64. The van der Waals surface area contributed by atoms with Gasteiger partial charge < -0.3 is 5.32 Å². The molecule has 0 saturated heterocycles. The number of nitrogens with zero attached hydrogens (tertiary/aromatic N) is 3. The number of aryl methyl sites for hydroxylation is 2. The summed E-state index contributed by atoms with van der Waals surface area (Å²) < 4.78 is 2.36. The summed E-state index contributed by atoms with van der Waals surface area (Å²) >= 11 is 12.7. The van der Waals surface area contributed by atoms with Gasteiger partial charge in [-0.1, -0.05) is 47.2 Å². The Balaban J connectivity index is 1.71. The van der Waals surface area contributed by atoms with Gasteiger partial charge >= 0.3 is 0 Å². The van der Waals surface area contributed by atoms with E-state index in [-0.39, 0.29) is 5.91 Å². The number of aromatic nitrogens is 4. The first-order chi connectivity index (χ1) is 13.0. The van der Waals surface area contributed by atoms with Crippen LogP contribution in [0.2, 0.25) is 5.02 Å². The number of allylic oxidation sites excluding steroid dienone is 1. The van der Waals surface area contributed by atoms with Crippen LogP contribution in [0.15, 0.2) is 36.9 Å². The van der Waals surface area contributed by atoms with Crippen molar-refractivity contribution in [2.45, 2.75) is 26.3 Å². The number of benzene rings is 1. The average molecular weight is 420 g/mol. The molecule has 3 aromatic rings. The zero-order valence-corrected chi connectivity index (χ0v) is 17.0. The molecule has 27 heavy (non-hydrogen) atoms. The Bertz CT molecular complexity index is 1040. The fourth-order valence-corrected chi connectivity index (χ4v) is 4.00. The van der Waals surface area contributed by atoms with Crippen LogP contribution in [0.4, 0.5) is 5.13 Å². The summed E-state index contributed by atoms with van der Waals surface area (Å²) in [4.78, 5) is 17.6. The van der Waals surface area contributed by atoms with Crippen LogP contribution in [0, 0.1) is 11.7 Å². The monoisotopic (exact) mass is 419 g/mol. The molecule has 0 aliphatic heterocycles. The number of halogens is 1. The largest absolute Gasteiger partial charge is 0.302 e. The van der Waals surface area contributed by atoms with Gasteiger partial charge in [-0.15, -0.1) is 6.58 Å². The highest BCUT2D eigenvalue weighted by atomic mass is 35.5. The Morgan fingerprint density at radius 3 is 3.00 bits per heavy atom. The van der Waals surface area contributed by atoms with Crippen molar-refractivity contribution in [3.8, 4) is 10.7 Å². The van der Waals surface area contributed by atoms with Crippen LogP contribution in [0.5, 0.6) is 0 Å². The minimum Gasteiger partial charge on any atom is -0.302 e. The lowest BCUT2D eigenvalue weighted by atomic mass is 10.1. The predicted molar refractivity (Wildman–Crippen MR) is 112 cm³/mol. The number of aromatic amines is 1. The number of rotatable bonds is 7. The second-order valence-electron chi connectivity index (χ2n) is 5.82. The molecule has 0 saturated carbocycles. The van der Waals surface area contributed by atoms with E-state index >= 15 is 0 Å². The van der Waals surface area contributed by atoms with Crippen molar-refractivity contribution in [2.75, 3.05) is 5.32 Å². The molecule has 0 fully saturated rings. The van der Waals surface area contributed by atoms with Crippen LogP contribution in [-0.4, -0.2) is 25.7 Å². The lowest BCUT2D eigenvalue weighted by molar-refractivity contribution is -0.116. The van der Waals surface area contributed by atoms with E-state index in [0.29, 0.717) is 40.1 Å². The van der Waals surface area contributed by atoms with Gasteiger partial charge in [-0.05, 0) is 37.2 Å². The molecule has 1 amide bonds. The fourth-order valence-electron chi connectivity index (χ4n) is 2.58. The first-order valence-electron chi connectivity index (χ1n) is 8.26. The van der Waals surface area contributed by atoms with Crippen molar-refractivity contribution in [1.29, 1.82) is 0 Å². The highest BCUT2D eigenvalue weighted by molar-refractivity contribution is 7.71. The maximum Gasteiger partial charge on any atom is 0.226 e. The van der Waals surface area contributed by atoms with E-state index in [1.54, 1.807) is 6.08 Å². The molecule has 2 heterocycles. The molecule has 0 spiro atoms. The summed E-state index contributed by atoms with van der Waals surface area (Å²) in [6, 6.07) is 7.52. The Labute approximate surface area is 170 Å². The second kappa shape index (κ2) is 8.60. The standard InChI is InChI=1S/C18H18ClN5OS2/c1-3-10-24-16(22-23-18(24)26)15-11(2)20-17(27-15)21-14(25)9-8-12-6-4-5-7-13(12)19/h3-7H,1,8-10H2,2H3,(H,23,26)(H,20,21,25). The summed E-state index contributed by atoms with van der Waals surface area (Å²) in [5.41, 5.74) is 1.73. The molecule has 3 rings (SSSR count). The maximum absolute atomic E-state index is 12.3. The van der Waals surface area contributed by atoms with Gasteiger partial charge in [0, 0.05) is 18.0 Å². The van der Waals surface area contributed by atoms with Crippen molar-refractivity contribution >= 4 is 46.2 Å². The quantitative estimate of drug-likeness (QED) is 0.426. The molecular weight excluding hydrogens is 402 g/mol. The third-order valence-electron chi connectivity index (χ3n) is 3.90. The summed E-state index contributed by atoms with van der Waals surface area (Å²) in [5, 5.41) is 11.1. The van der Waals surface area contributed by atoms with Gasteiger partial charge in [-0.25, -0.2) is 4.98 Å². The molecule has 0 aliphatic carbocycles. The van der Waals surface area contributed by atoms with Crippen molar-refractivity contribution in [3.05, 3.63) is 58.0 Å². The van der Waals surface area contributed by atoms with Crippen molar-refractivity contribution in [1.82, 2.24) is 19.7 Å². The number of anilines is 1. The second-order valence-corrected chi connectivity index (χ2v) is 7.62. The molecular formula is C18H18ClN5OS2. The summed E-state index contributed by atoms with van der Waals surface area (Å²) in [6.45, 7) is 6.16. The third kappa shape index (κ3) is 4.52. The Hall–Kier alpha value is -2.29. The number of hydrogen-bond donors (Lipinski definition) is 2. The van der Waals surface area contributed by atoms with Crippen molar-refractivity contribution in [2.24, 2.45) is 0 Å². The number of carbonyl (C=O) groups is 1. The van der Waals surface area contributed by atoms with Crippen molar-refractivity contribution < 1.29 is 4.79 Å². The molecule has 9 heteroatoms. The van der Waals surface area contributed by atoms with E-state index in [1.165, 1.54) is 11.3 Å². The molecule has 0 bridgehead atoms. The Kier molecular flexibility index (Phi) is 6.20. The van der Waals surface area contributed by atoms with Crippen LogP contribution in [0.25, 0.3) is 10.7 Å². The molecule has 0 radical (unpaired) electrons. The molecule has 2 N–H and O–H groups in total. The number of H-pyrrole nitrogens is 1. The molecule has 2 aromatic heterocycles. The maximum atomic E-state index is 12.3. The molecule has 6 nitrogen and oxygen atoms in total. The van der Waals surface area contributed by atoms with Gasteiger partial charge in [0.05, 0.1) is 10.6 Å². The van der Waals surface area contributed by atoms with Gasteiger partial charge in [0.15, 0.2) is 15.7 Å². The SMILES string of the molecule is C=CCn1c(-c2sc(NC(=O)CCc3ccccc3Cl)nc2C)n[nH]c1=S. The smallest absolute Gasteiger partial charge is 0.226 e. The highest BCUT2D eigenvalue weighted by Gasteiger charge is 2.17. The Morgan fingerprint density at radius 2 is 2.26 bits per heavy atom. The number of hydrogen-bond acceptors (Lipinski definition) is 5. The number of thiazole rings is 1. The van der Waals surface area contributed by atoms with E-state index in [2.05, 4.69) is 27.1 Å². The predicted octanol–water partition coefficient (Wildman–Crippen LogP) is 4.78. The van der Waals surface area contributed by atoms with E-state index in [9.17, 15) is 4.79 Å². The molecule has 0 atom stereocenters. The van der Waals surface area contributed by atoms with E-state index in [1.807, 2.05) is 35.8 Å². The van der Waals surface area contributed by atoms with Crippen molar-refractivity contribution in [3.63, 3.8) is 0 Å². The van der Waals surface area contributed by atoms with Gasteiger partial charge in [0.1, 0.15) is 0 Å². The number of carbonyl (C=O) groups excluding carboxylic acids is 1. The van der Waals surface area contributed by atoms with E-state index in [0.717, 1.165) is 16.1 Å². The van der Waals surface area contributed by atoms with Gasteiger partial charge in [-0.3, -0.25) is 14.5 Å².